The van der Waals surface area contributed by atoms with Crippen LogP contribution in [0.4, 0.5) is 0 Å². The molecule has 1 aromatic heterocycles. The molecule has 1 N–H and O–H groups in total. The van der Waals surface area contributed by atoms with Crippen molar-refractivity contribution in [3.05, 3.63) is 11.9 Å². The van der Waals surface area contributed by atoms with Crippen LogP contribution in [0, 0.1) is 0 Å². The molecule has 0 saturated carbocycles. The Morgan fingerprint density at radius 3 is 2.90 bits per heavy atom. The summed E-state index contributed by atoms with van der Waals surface area (Å²) in [6, 6.07) is 0. The average molecular weight is 140 g/mol. The zero-order chi connectivity index (χ0) is 7.56. The molecule has 0 bridgehead atoms. The molecule has 10 heavy (non-hydrogen) atoms. The van der Waals surface area contributed by atoms with Crippen LogP contribution in [0.5, 0.6) is 0 Å². The molecule has 0 aromatic carbocycles. The maximum Gasteiger partial charge on any atom is 0.270 e. The topological polar surface area (TPSA) is 59.8 Å². The second-order valence-corrected chi connectivity index (χ2v) is 1.82. The Bertz CT molecular complexity index is 242. The summed E-state index contributed by atoms with van der Waals surface area (Å²) in [5.74, 6) is -0.174. The molecule has 0 radical (unpaired) electrons. The second kappa shape index (κ2) is 2.47. The van der Waals surface area contributed by atoms with Gasteiger partial charge in [0.1, 0.15) is 5.69 Å². The fraction of sp³-hybridized carbons (Fsp3) is 0.400. The minimum Gasteiger partial charge on any atom is -0.354 e. The van der Waals surface area contributed by atoms with Crippen molar-refractivity contribution in [2.75, 3.05) is 7.05 Å². The average Bonchev–Trinajstić information content (AvgIpc) is 2.34. The zero-order valence-electron chi connectivity index (χ0n) is 5.83. The van der Waals surface area contributed by atoms with Crippen LogP contribution < -0.4 is 5.32 Å². The number of rotatable bonds is 1. The number of aryl methyl sites for hydroxylation is 1. The number of hydrogen-bond donors (Lipinski definition) is 1. The Labute approximate surface area is 58.0 Å². The third-order valence-electron chi connectivity index (χ3n) is 1.17. The number of nitrogens with zero attached hydrogens (tertiary/aromatic N) is 3. The van der Waals surface area contributed by atoms with Crippen molar-refractivity contribution in [3.63, 3.8) is 0 Å². The van der Waals surface area contributed by atoms with Gasteiger partial charge in [-0.2, -0.15) is 0 Å². The second-order valence-electron chi connectivity index (χ2n) is 1.82. The lowest BCUT2D eigenvalue weighted by atomic mass is 10.4. The number of amides is 1. The van der Waals surface area contributed by atoms with Crippen molar-refractivity contribution in [1.82, 2.24) is 20.3 Å². The van der Waals surface area contributed by atoms with E-state index in [2.05, 4.69) is 15.6 Å². The van der Waals surface area contributed by atoms with Crippen molar-refractivity contribution in [3.8, 4) is 0 Å². The van der Waals surface area contributed by atoms with E-state index in [9.17, 15) is 4.79 Å². The van der Waals surface area contributed by atoms with E-state index in [4.69, 9.17) is 0 Å². The number of carbonyl (C=O) groups is 1. The van der Waals surface area contributed by atoms with E-state index < -0.39 is 0 Å². The minimum absolute atomic E-state index is 0.174. The van der Waals surface area contributed by atoms with Gasteiger partial charge in [0.15, 0.2) is 0 Å². The highest BCUT2D eigenvalue weighted by Gasteiger charge is 2.06. The Morgan fingerprint density at radius 1 is 1.80 bits per heavy atom. The van der Waals surface area contributed by atoms with Crippen LogP contribution in [0.15, 0.2) is 6.20 Å². The highest BCUT2D eigenvalue weighted by molar-refractivity contribution is 5.91. The molecule has 5 nitrogen and oxygen atoms in total. The SMILES string of the molecule is CNC(=O)c1cnnn1C. The van der Waals surface area contributed by atoms with E-state index >= 15 is 0 Å². The van der Waals surface area contributed by atoms with Crippen LogP contribution in [0.1, 0.15) is 10.5 Å². The van der Waals surface area contributed by atoms with Crippen LogP contribution in [-0.4, -0.2) is 27.9 Å². The summed E-state index contributed by atoms with van der Waals surface area (Å²) in [5.41, 5.74) is 0.461. The van der Waals surface area contributed by atoms with Gasteiger partial charge >= 0.3 is 0 Å². The Hall–Kier alpha value is -1.39. The van der Waals surface area contributed by atoms with E-state index in [-0.39, 0.29) is 5.91 Å². The first-order chi connectivity index (χ1) is 4.75. The first kappa shape index (κ1) is 6.73. The highest BCUT2D eigenvalue weighted by Crippen LogP contribution is 1.90. The summed E-state index contributed by atoms with van der Waals surface area (Å²) in [6.45, 7) is 0. The van der Waals surface area contributed by atoms with Crippen molar-refractivity contribution in [1.29, 1.82) is 0 Å². The van der Waals surface area contributed by atoms with Gasteiger partial charge in [-0.1, -0.05) is 5.21 Å². The van der Waals surface area contributed by atoms with E-state index in [1.54, 1.807) is 14.1 Å². The Kier molecular flexibility index (Phi) is 1.66. The summed E-state index contributed by atoms with van der Waals surface area (Å²) < 4.78 is 1.42. The van der Waals surface area contributed by atoms with Gasteiger partial charge in [-0.25, -0.2) is 4.68 Å². The maximum atomic E-state index is 10.9. The molecule has 0 aliphatic heterocycles. The standard InChI is InChI=1S/C5H8N4O/c1-6-5(10)4-3-7-8-9(4)2/h3H,1-2H3,(H,6,10). The molecule has 1 rings (SSSR count). The van der Waals surface area contributed by atoms with Crippen LogP contribution in [0.3, 0.4) is 0 Å². The van der Waals surface area contributed by atoms with Gasteiger partial charge in [0.2, 0.25) is 0 Å². The van der Waals surface area contributed by atoms with Crippen LogP contribution in [-0.2, 0) is 7.05 Å². The van der Waals surface area contributed by atoms with Crippen molar-refractivity contribution in [2.45, 2.75) is 0 Å². The maximum absolute atomic E-state index is 10.9. The lowest BCUT2D eigenvalue weighted by molar-refractivity contribution is 0.0954. The molecule has 0 atom stereocenters. The number of carbonyl (C=O) groups excluding carboxylic acids is 1. The van der Waals surface area contributed by atoms with Crippen LogP contribution in [0.25, 0.3) is 0 Å². The lowest BCUT2D eigenvalue weighted by Crippen LogP contribution is -2.20. The molecular weight excluding hydrogens is 132 g/mol. The van der Waals surface area contributed by atoms with Crippen molar-refractivity contribution < 1.29 is 4.79 Å². The van der Waals surface area contributed by atoms with Gasteiger partial charge in [-0.3, -0.25) is 4.79 Å². The van der Waals surface area contributed by atoms with E-state index in [0.717, 1.165) is 0 Å². The van der Waals surface area contributed by atoms with Gasteiger partial charge in [0.25, 0.3) is 5.91 Å². The van der Waals surface area contributed by atoms with E-state index in [0.29, 0.717) is 5.69 Å². The molecule has 1 heterocycles. The summed E-state index contributed by atoms with van der Waals surface area (Å²) in [7, 11) is 3.23. The predicted octanol–water partition coefficient (Wildman–Crippen LogP) is -0.825. The van der Waals surface area contributed by atoms with Gasteiger partial charge in [0, 0.05) is 14.1 Å². The van der Waals surface area contributed by atoms with Gasteiger partial charge in [-0.15, -0.1) is 5.10 Å². The first-order valence-corrected chi connectivity index (χ1v) is 2.82. The molecule has 54 valence electrons. The quantitative estimate of drug-likeness (QED) is 0.554. The van der Waals surface area contributed by atoms with E-state index in [1.165, 1.54) is 10.9 Å². The molecule has 1 amide bonds. The molecule has 0 unspecified atom stereocenters. The monoisotopic (exact) mass is 140 g/mol. The van der Waals surface area contributed by atoms with Gasteiger partial charge in [0.05, 0.1) is 6.20 Å². The minimum atomic E-state index is -0.174. The summed E-state index contributed by atoms with van der Waals surface area (Å²) in [5, 5.41) is 9.60. The molecule has 0 saturated heterocycles. The fourth-order valence-corrected chi connectivity index (χ4v) is 0.623. The molecule has 0 aliphatic rings. The first-order valence-electron chi connectivity index (χ1n) is 2.82. The van der Waals surface area contributed by atoms with Gasteiger partial charge < -0.3 is 5.32 Å². The summed E-state index contributed by atoms with van der Waals surface area (Å²) in [4.78, 5) is 10.9. The van der Waals surface area contributed by atoms with Crippen molar-refractivity contribution >= 4 is 5.91 Å². The molecule has 0 fully saturated rings. The van der Waals surface area contributed by atoms with Crippen LogP contribution >= 0.6 is 0 Å². The third kappa shape index (κ3) is 0.975. The fourth-order valence-electron chi connectivity index (χ4n) is 0.623. The largest absolute Gasteiger partial charge is 0.354 e. The van der Waals surface area contributed by atoms with E-state index in [1.807, 2.05) is 0 Å². The van der Waals surface area contributed by atoms with Crippen molar-refractivity contribution in [2.24, 2.45) is 7.05 Å². The number of hydrogen-bond acceptors (Lipinski definition) is 3. The van der Waals surface area contributed by atoms with Gasteiger partial charge in [-0.05, 0) is 0 Å². The zero-order valence-corrected chi connectivity index (χ0v) is 5.83. The molecule has 1 aromatic rings. The summed E-state index contributed by atoms with van der Waals surface area (Å²) >= 11 is 0. The predicted molar refractivity (Wildman–Crippen MR) is 34.4 cm³/mol. The molecule has 0 aliphatic carbocycles. The Morgan fingerprint density at radius 2 is 2.50 bits per heavy atom. The molecule has 5 heteroatoms. The summed E-state index contributed by atoms with van der Waals surface area (Å²) in [6.07, 6.45) is 1.42. The third-order valence-corrected chi connectivity index (χ3v) is 1.17. The Balaban J connectivity index is 2.93. The lowest BCUT2D eigenvalue weighted by Gasteiger charge is -1.95. The normalized spacial score (nSPS) is 9.40. The smallest absolute Gasteiger partial charge is 0.270 e. The number of aromatic nitrogens is 3. The van der Waals surface area contributed by atoms with Crippen LogP contribution in [0.2, 0.25) is 0 Å². The number of nitrogens with one attached hydrogen (secondary N) is 1. The molecule has 0 spiro atoms. The molecular formula is C5H8N4O. The highest BCUT2D eigenvalue weighted by atomic mass is 16.1.